The van der Waals surface area contributed by atoms with Crippen molar-refractivity contribution in [2.24, 2.45) is 4.99 Å². The second kappa shape index (κ2) is 11.2. The molecule has 0 radical (unpaired) electrons. The molecule has 0 heterocycles. The van der Waals surface area contributed by atoms with Crippen molar-refractivity contribution in [3.05, 3.63) is 18.2 Å². The van der Waals surface area contributed by atoms with Gasteiger partial charge in [0, 0.05) is 32.4 Å². The Morgan fingerprint density at radius 1 is 1.24 bits per heavy atom. The molecule has 7 heteroatoms. The number of anilines is 1. The molecule has 0 saturated carbocycles. The molecule has 0 fully saturated rings. The molecular formula is C18H30N4O3. The summed E-state index contributed by atoms with van der Waals surface area (Å²) in [6.07, 6.45) is 2.10. The third-order valence-corrected chi connectivity index (χ3v) is 3.42. The van der Waals surface area contributed by atoms with Gasteiger partial charge in [0.1, 0.15) is 6.54 Å². The molecule has 0 spiro atoms. The predicted octanol–water partition coefficient (Wildman–Crippen LogP) is 2.34. The Bertz CT molecular complexity index is 573. The van der Waals surface area contributed by atoms with Gasteiger partial charge in [0.15, 0.2) is 17.5 Å². The first-order valence-electron chi connectivity index (χ1n) is 8.58. The summed E-state index contributed by atoms with van der Waals surface area (Å²) >= 11 is 0. The highest BCUT2D eigenvalue weighted by Crippen LogP contribution is 2.30. The number of benzene rings is 1. The summed E-state index contributed by atoms with van der Waals surface area (Å²) in [4.78, 5) is 17.7. The van der Waals surface area contributed by atoms with E-state index < -0.39 is 0 Å². The van der Waals surface area contributed by atoms with E-state index in [0.29, 0.717) is 24.1 Å². The second-order valence-corrected chi connectivity index (χ2v) is 5.66. The van der Waals surface area contributed by atoms with Crippen molar-refractivity contribution < 1.29 is 14.3 Å². The van der Waals surface area contributed by atoms with Gasteiger partial charge < -0.3 is 25.0 Å². The molecule has 2 N–H and O–H groups in total. The zero-order chi connectivity index (χ0) is 18.7. The van der Waals surface area contributed by atoms with E-state index in [0.717, 1.165) is 25.1 Å². The van der Waals surface area contributed by atoms with Crippen LogP contribution >= 0.6 is 0 Å². The van der Waals surface area contributed by atoms with Crippen LogP contribution in [0.25, 0.3) is 0 Å². The van der Waals surface area contributed by atoms with Crippen molar-refractivity contribution in [2.75, 3.05) is 46.2 Å². The normalized spacial score (nSPS) is 11.0. The molecule has 0 aliphatic rings. The minimum Gasteiger partial charge on any atom is -0.493 e. The number of rotatable bonds is 9. The van der Waals surface area contributed by atoms with Gasteiger partial charge in [0.2, 0.25) is 5.91 Å². The molecule has 0 aliphatic carbocycles. The SMILES string of the molecule is CCCCNC(=NCC(=O)N(C)C)Nc1ccc(OCC)c(OC)c1. The maximum Gasteiger partial charge on any atom is 0.243 e. The van der Waals surface area contributed by atoms with E-state index in [1.54, 1.807) is 21.2 Å². The van der Waals surface area contributed by atoms with Crippen molar-refractivity contribution >= 4 is 17.6 Å². The molecule has 1 aromatic carbocycles. The van der Waals surface area contributed by atoms with Crippen LogP contribution in [0.4, 0.5) is 5.69 Å². The van der Waals surface area contributed by atoms with E-state index in [1.807, 2.05) is 25.1 Å². The van der Waals surface area contributed by atoms with Gasteiger partial charge in [-0.3, -0.25) is 4.79 Å². The van der Waals surface area contributed by atoms with E-state index in [2.05, 4.69) is 22.5 Å². The number of aliphatic imine (C=N–C) groups is 1. The van der Waals surface area contributed by atoms with Crippen LogP contribution in [0.2, 0.25) is 0 Å². The average Bonchev–Trinajstić information content (AvgIpc) is 2.60. The monoisotopic (exact) mass is 350 g/mol. The summed E-state index contributed by atoms with van der Waals surface area (Å²) in [6, 6.07) is 5.58. The summed E-state index contributed by atoms with van der Waals surface area (Å²) < 4.78 is 10.9. The number of amides is 1. The first-order chi connectivity index (χ1) is 12.0. The first-order valence-corrected chi connectivity index (χ1v) is 8.58. The Morgan fingerprint density at radius 3 is 2.60 bits per heavy atom. The second-order valence-electron chi connectivity index (χ2n) is 5.66. The third-order valence-electron chi connectivity index (χ3n) is 3.42. The van der Waals surface area contributed by atoms with Gasteiger partial charge >= 0.3 is 0 Å². The van der Waals surface area contributed by atoms with E-state index in [-0.39, 0.29) is 12.5 Å². The lowest BCUT2D eigenvalue weighted by Gasteiger charge is -2.15. The number of nitrogens with one attached hydrogen (secondary N) is 2. The number of nitrogens with zero attached hydrogens (tertiary/aromatic N) is 2. The van der Waals surface area contributed by atoms with Gasteiger partial charge in [0.25, 0.3) is 0 Å². The Labute approximate surface area is 150 Å². The standard InChI is InChI=1S/C18H30N4O3/c1-6-8-11-19-18(20-13-17(23)22(3)4)21-14-9-10-15(25-7-2)16(12-14)24-5/h9-10,12H,6-8,11,13H2,1-5H3,(H2,19,20,21). The maximum atomic E-state index is 11.8. The van der Waals surface area contributed by atoms with Gasteiger partial charge in [-0.15, -0.1) is 0 Å². The van der Waals surface area contributed by atoms with Crippen LogP contribution in [-0.4, -0.2) is 57.7 Å². The van der Waals surface area contributed by atoms with E-state index >= 15 is 0 Å². The molecule has 1 rings (SSSR count). The van der Waals surface area contributed by atoms with Gasteiger partial charge in [0.05, 0.1) is 13.7 Å². The van der Waals surface area contributed by atoms with Crippen molar-refractivity contribution in [3.63, 3.8) is 0 Å². The quantitative estimate of drug-likeness (QED) is 0.406. The minimum absolute atomic E-state index is 0.0548. The lowest BCUT2D eigenvalue weighted by atomic mass is 10.2. The number of unbranched alkanes of at least 4 members (excludes halogenated alkanes) is 1. The van der Waals surface area contributed by atoms with Crippen molar-refractivity contribution in [1.82, 2.24) is 10.2 Å². The van der Waals surface area contributed by atoms with Gasteiger partial charge in [-0.2, -0.15) is 0 Å². The summed E-state index contributed by atoms with van der Waals surface area (Å²) in [5, 5.41) is 6.45. The fraction of sp³-hybridized carbons (Fsp3) is 0.556. The number of ether oxygens (including phenoxy) is 2. The molecule has 0 unspecified atom stereocenters. The lowest BCUT2D eigenvalue weighted by molar-refractivity contribution is -0.127. The Hall–Kier alpha value is -2.44. The first kappa shape index (κ1) is 20.6. The molecule has 7 nitrogen and oxygen atoms in total. The smallest absolute Gasteiger partial charge is 0.243 e. The van der Waals surface area contributed by atoms with E-state index in [4.69, 9.17) is 9.47 Å². The summed E-state index contributed by atoms with van der Waals surface area (Å²) in [5.74, 6) is 1.84. The molecule has 0 aliphatic heterocycles. The highest BCUT2D eigenvalue weighted by molar-refractivity contribution is 5.95. The lowest BCUT2D eigenvalue weighted by Crippen LogP contribution is -2.33. The summed E-state index contributed by atoms with van der Waals surface area (Å²) in [6.45, 7) is 5.49. The molecule has 0 atom stereocenters. The number of hydrogen-bond donors (Lipinski definition) is 2. The minimum atomic E-state index is -0.0548. The van der Waals surface area contributed by atoms with Crippen LogP contribution in [0.15, 0.2) is 23.2 Å². The molecule has 1 aromatic rings. The molecular weight excluding hydrogens is 320 g/mol. The van der Waals surface area contributed by atoms with Crippen molar-refractivity contribution in [2.45, 2.75) is 26.7 Å². The molecule has 0 saturated heterocycles. The Kier molecular flexibility index (Phi) is 9.21. The molecule has 1 amide bonds. The van der Waals surface area contributed by atoms with Gasteiger partial charge in [-0.1, -0.05) is 13.3 Å². The number of likely N-dealkylation sites (N-methyl/N-ethyl adjacent to an activating group) is 1. The third kappa shape index (κ3) is 7.32. The molecule has 140 valence electrons. The van der Waals surface area contributed by atoms with Crippen LogP contribution < -0.4 is 20.1 Å². The number of carbonyl (C=O) groups excluding carboxylic acids is 1. The Morgan fingerprint density at radius 2 is 2.00 bits per heavy atom. The van der Waals surface area contributed by atoms with Crippen LogP contribution in [0, 0.1) is 0 Å². The zero-order valence-corrected chi connectivity index (χ0v) is 15.9. The summed E-state index contributed by atoms with van der Waals surface area (Å²) in [5.41, 5.74) is 0.806. The number of methoxy groups -OCH3 is 1. The highest BCUT2D eigenvalue weighted by Gasteiger charge is 2.08. The Balaban J connectivity index is 2.88. The van der Waals surface area contributed by atoms with Crippen LogP contribution in [0.5, 0.6) is 11.5 Å². The van der Waals surface area contributed by atoms with Crippen LogP contribution in [0.1, 0.15) is 26.7 Å². The molecule has 0 bridgehead atoms. The zero-order valence-electron chi connectivity index (χ0n) is 15.9. The number of hydrogen-bond acceptors (Lipinski definition) is 4. The number of guanidine groups is 1. The van der Waals surface area contributed by atoms with Crippen molar-refractivity contribution in [3.8, 4) is 11.5 Å². The van der Waals surface area contributed by atoms with Crippen molar-refractivity contribution in [1.29, 1.82) is 0 Å². The van der Waals surface area contributed by atoms with Gasteiger partial charge in [-0.05, 0) is 25.5 Å². The largest absolute Gasteiger partial charge is 0.493 e. The average molecular weight is 350 g/mol. The predicted molar refractivity (Wildman–Crippen MR) is 102 cm³/mol. The van der Waals surface area contributed by atoms with Crippen LogP contribution in [0.3, 0.4) is 0 Å². The van der Waals surface area contributed by atoms with E-state index in [9.17, 15) is 4.79 Å². The topological polar surface area (TPSA) is 75.2 Å². The van der Waals surface area contributed by atoms with Crippen LogP contribution in [-0.2, 0) is 4.79 Å². The molecule has 25 heavy (non-hydrogen) atoms. The fourth-order valence-electron chi connectivity index (χ4n) is 1.97. The van der Waals surface area contributed by atoms with Gasteiger partial charge in [-0.25, -0.2) is 4.99 Å². The molecule has 0 aromatic heterocycles. The van der Waals surface area contributed by atoms with E-state index in [1.165, 1.54) is 4.90 Å². The fourth-order valence-corrected chi connectivity index (χ4v) is 1.97. The number of carbonyl (C=O) groups is 1. The summed E-state index contributed by atoms with van der Waals surface area (Å²) in [7, 11) is 5.03. The highest BCUT2D eigenvalue weighted by atomic mass is 16.5. The maximum absolute atomic E-state index is 11.8.